The Hall–Kier alpha value is -1.01. The predicted octanol–water partition coefficient (Wildman–Crippen LogP) is 2.92. The summed E-state index contributed by atoms with van der Waals surface area (Å²) in [5.74, 6) is 0.801. The van der Waals surface area contributed by atoms with Crippen molar-refractivity contribution in [3.05, 3.63) is 29.8 Å². The highest BCUT2D eigenvalue weighted by molar-refractivity contribution is 5.86. The van der Waals surface area contributed by atoms with Gasteiger partial charge in [-0.3, -0.25) is 4.79 Å². The Bertz CT molecular complexity index is 535. The maximum absolute atomic E-state index is 12.5. The predicted molar refractivity (Wildman–Crippen MR) is 107 cm³/mol. The molecule has 0 bridgehead atoms. The Morgan fingerprint density at radius 1 is 1.28 bits per heavy atom. The van der Waals surface area contributed by atoms with Crippen molar-refractivity contribution < 1.29 is 9.53 Å². The quantitative estimate of drug-likeness (QED) is 0.781. The minimum atomic E-state index is -0.691. The number of likely N-dealkylation sites (N-methyl/N-ethyl adjacent to an activating group) is 1. The fraction of sp³-hybridized carbons (Fsp3) is 0.611. The van der Waals surface area contributed by atoms with Gasteiger partial charge in [-0.25, -0.2) is 0 Å². The highest BCUT2D eigenvalue weighted by Crippen LogP contribution is 2.27. The van der Waals surface area contributed by atoms with Crippen LogP contribution < -0.4 is 15.8 Å². The summed E-state index contributed by atoms with van der Waals surface area (Å²) in [5, 5.41) is 3.06. The molecule has 144 valence electrons. The summed E-state index contributed by atoms with van der Waals surface area (Å²) in [7, 11) is 5.68. The van der Waals surface area contributed by atoms with Crippen LogP contribution in [0.4, 0.5) is 0 Å². The van der Waals surface area contributed by atoms with Gasteiger partial charge in [-0.2, -0.15) is 0 Å². The van der Waals surface area contributed by atoms with Crippen LogP contribution in [0.2, 0.25) is 0 Å². The lowest BCUT2D eigenvalue weighted by Gasteiger charge is -2.33. The minimum absolute atomic E-state index is 0. The second-order valence-electron chi connectivity index (χ2n) is 6.68. The van der Waals surface area contributed by atoms with Gasteiger partial charge >= 0.3 is 0 Å². The van der Waals surface area contributed by atoms with E-state index in [1.54, 1.807) is 7.11 Å². The number of nitrogens with one attached hydrogen (secondary N) is 1. The van der Waals surface area contributed by atoms with Gasteiger partial charge in [-0.05, 0) is 44.6 Å². The van der Waals surface area contributed by atoms with E-state index >= 15 is 0 Å². The van der Waals surface area contributed by atoms with Crippen molar-refractivity contribution in [2.75, 3.05) is 27.7 Å². The average molecular weight is 392 g/mol. The third kappa shape index (κ3) is 6.33. The first kappa shape index (κ1) is 24.0. The SMILES string of the molecule is COc1cccc(C(CNC(=O)C2(N)CCCCC2)N(C)C)c1.Cl.Cl. The molecule has 1 amide bonds. The molecule has 0 aromatic heterocycles. The lowest BCUT2D eigenvalue weighted by molar-refractivity contribution is -0.127. The fourth-order valence-corrected chi connectivity index (χ4v) is 3.22. The number of methoxy groups -OCH3 is 1. The van der Waals surface area contributed by atoms with Crippen LogP contribution in [0.5, 0.6) is 5.75 Å². The van der Waals surface area contributed by atoms with Crippen LogP contribution in [0, 0.1) is 0 Å². The molecule has 0 radical (unpaired) electrons. The van der Waals surface area contributed by atoms with Crippen molar-refractivity contribution in [3.63, 3.8) is 0 Å². The Kier molecular flexibility index (Phi) is 10.4. The number of rotatable bonds is 6. The molecule has 0 saturated heterocycles. The largest absolute Gasteiger partial charge is 0.497 e. The Balaban J connectivity index is 0.00000288. The van der Waals surface area contributed by atoms with Crippen LogP contribution in [0.15, 0.2) is 24.3 Å². The van der Waals surface area contributed by atoms with Crippen LogP contribution >= 0.6 is 24.8 Å². The number of halogens is 2. The van der Waals surface area contributed by atoms with Gasteiger partial charge in [0.05, 0.1) is 18.7 Å². The van der Waals surface area contributed by atoms with Gasteiger partial charge in [0.1, 0.15) is 5.75 Å². The zero-order chi connectivity index (χ0) is 16.9. The van der Waals surface area contributed by atoms with Crippen molar-refractivity contribution >= 4 is 30.7 Å². The van der Waals surface area contributed by atoms with E-state index < -0.39 is 5.54 Å². The average Bonchev–Trinajstić information content (AvgIpc) is 2.55. The summed E-state index contributed by atoms with van der Waals surface area (Å²) >= 11 is 0. The summed E-state index contributed by atoms with van der Waals surface area (Å²) < 4.78 is 5.30. The van der Waals surface area contributed by atoms with E-state index in [1.807, 2.05) is 32.3 Å². The van der Waals surface area contributed by atoms with E-state index in [4.69, 9.17) is 10.5 Å². The van der Waals surface area contributed by atoms with Crippen LogP contribution in [-0.2, 0) is 4.79 Å². The number of amides is 1. The molecule has 1 aromatic rings. The molecule has 1 aromatic carbocycles. The molecule has 2 rings (SSSR count). The normalized spacial score (nSPS) is 17.0. The van der Waals surface area contributed by atoms with Crippen molar-refractivity contribution in [1.29, 1.82) is 0 Å². The van der Waals surface area contributed by atoms with Gasteiger partial charge in [0.15, 0.2) is 0 Å². The van der Waals surface area contributed by atoms with Gasteiger partial charge in [0.25, 0.3) is 0 Å². The topological polar surface area (TPSA) is 67.6 Å². The van der Waals surface area contributed by atoms with E-state index in [9.17, 15) is 4.79 Å². The highest BCUT2D eigenvalue weighted by atomic mass is 35.5. The first-order chi connectivity index (χ1) is 11.0. The lowest BCUT2D eigenvalue weighted by Crippen LogP contribution is -2.55. The molecule has 5 nitrogen and oxygen atoms in total. The maximum atomic E-state index is 12.5. The molecule has 0 aliphatic heterocycles. The molecule has 1 aliphatic rings. The van der Waals surface area contributed by atoms with Crippen LogP contribution in [0.3, 0.4) is 0 Å². The summed E-state index contributed by atoms with van der Waals surface area (Å²) in [6.07, 6.45) is 4.82. The molecule has 7 heteroatoms. The maximum Gasteiger partial charge on any atom is 0.240 e. The Morgan fingerprint density at radius 2 is 1.92 bits per heavy atom. The zero-order valence-corrected chi connectivity index (χ0v) is 16.9. The number of hydrogen-bond acceptors (Lipinski definition) is 4. The molecular formula is C18H31Cl2N3O2. The van der Waals surface area contributed by atoms with Gasteiger partial charge in [-0.1, -0.05) is 31.4 Å². The van der Waals surface area contributed by atoms with Crippen LogP contribution in [0.1, 0.15) is 43.7 Å². The second kappa shape index (κ2) is 10.9. The molecule has 1 saturated carbocycles. The van der Waals surface area contributed by atoms with Crippen LogP contribution in [-0.4, -0.2) is 44.1 Å². The molecule has 1 unspecified atom stereocenters. The summed E-state index contributed by atoms with van der Waals surface area (Å²) in [6, 6.07) is 8.04. The Morgan fingerprint density at radius 3 is 2.48 bits per heavy atom. The van der Waals surface area contributed by atoms with E-state index in [-0.39, 0.29) is 36.8 Å². The molecule has 0 heterocycles. The van der Waals surface area contributed by atoms with E-state index in [0.29, 0.717) is 6.54 Å². The molecule has 1 aliphatic carbocycles. The molecule has 3 N–H and O–H groups in total. The number of ether oxygens (including phenoxy) is 1. The molecular weight excluding hydrogens is 361 g/mol. The molecule has 25 heavy (non-hydrogen) atoms. The lowest BCUT2D eigenvalue weighted by atomic mass is 9.82. The number of carbonyl (C=O) groups is 1. The van der Waals surface area contributed by atoms with Crippen LogP contribution in [0.25, 0.3) is 0 Å². The summed E-state index contributed by atoms with van der Waals surface area (Å²) in [6.45, 7) is 0.540. The van der Waals surface area contributed by atoms with Crippen molar-refractivity contribution in [3.8, 4) is 5.75 Å². The molecule has 0 spiro atoms. The third-order valence-corrected chi connectivity index (χ3v) is 4.76. The minimum Gasteiger partial charge on any atom is -0.497 e. The Labute approximate surface area is 163 Å². The fourth-order valence-electron chi connectivity index (χ4n) is 3.22. The van der Waals surface area contributed by atoms with E-state index in [1.165, 1.54) is 6.42 Å². The summed E-state index contributed by atoms with van der Waals surface area (Å²) in [5.41, 5.74) is 6.73. The number of carbonyl (C=O) groups excluding carboxylic acids is 1. The van der Waals surface area contributed by atoms with Crippen molar-refractivity contribution in [1.82, 2.24) is 10.2 Å². The highest BCUT2D eigenvalue weighted by Gasteiger charge is 2.35. The standard InChI is InChI=1S/C18H29N3O2.2ClH/c1-21(2)16(14-8-7-9-15(12-14)23-3)13-20-17(22)18(19)10-5-4-6-11-18;;/h7-9,12,16H,4-6,10-11,13,19H2,1-3H3,(H,20,22);2*1H. The van der Waals surface area contributed by atoms with Gasteiger partial charge in [-0.15, -0.1) is 24.8 Å². The second-order valence-corrected chi connectivity index (χ2v) is 6.68. The van der Waals surface area contributed by atoms with E-state index in [2.05, 4.69) is 16.3 Å². The van der Waals surface area contributed by atoms with E-state index in [0.717, 1.165) is 37.0 Å². The number of benzene rings is 1. The first-order valence-electron chi connectivity index (χ1n) is 8.34. The molecule has 1 fully saturated rings. The van der Waals surface area contributed by atoms with Crippen molar-refractivity contribution in [2.45, 2.75) is 43.7 Å². The smallest absolute Gasteiger partial charge is 0.240 e. The zero-order valence-electron chi connectivity index (χ0n) is 15.3. The summed E-state index contributed by atoms with van der Waals surface area (Å²) in [4.78, 5) is 14.6. The van der Waals surface area contributed by atoms with Gasteiger partial charge in [0.2, 0.25) is 5.91 Å². The van der Waals surface area contributed by atoms with Gasteiger partial charge < -0.3 is 20.7 Å². The number of nitrogens with two attached hydrogens (primary N) is 1. The monoisotopic (exact) mass is 391 g/mol. The number of nitrogens with zero attached hydrogens (tertiary/aromatic N) is 1. The van der Waals surface area contributed by atoms with Crippen molar-refractivity contribution in [2.24, 2.45) is 5.73 Å². The van der Waals surface area contributed by atoms with Gasteiger partial charge in [0, 0.05) is 6.54 Å². The third-order valence-electron chi connectivity index (χ3n) is 4.76. The molecule has 1 atom stereocenters. The first-order valence-corrected chi connectivity index (χ1v) is 8.34. The number of hydrogen-bond donors (Lipinski definition) is 2.